The van der Waals surface area contributed by atoms with E-state index in [4.69, 9.17) is 4.74 Å². The Bertz CT molecular complexity index is 315. The molecule has 0 bridgehead atoms. The van der Waals surface area contributed by atoms with Crippen molar-refractivity contribution in [3.63, 3.8) is 0 Å². The van der Waals surface area contributed by atoms with E-state index in [1.54, 1.807) is 7.11 Å². The van der Waals surface area contributed by atoms with Gasteiger partial charge in [-0.25, -0.2) is 0 Å². The highest BCUT2D eigenvalue weighted by Crippen LogP contribution is 2.16. The topological polar surface area (TPSA) is 24.5 Å². The molecule has 17 heavy (non-hydrogen) atoms. The Balaban J connectivity index is 1.84. The summed E-state index contributed by atoms with van der Waals surface area (Å²) < 4.78 is 5.10. The molecule has 0 aromatic heterocycles. The lowest BCUT2D eigenvalue weighted by molar-refractivity contribution is 0.153. The van der Waals surface area contributed by atoms with Crippen molar-refractivity contribution < 1.29 is 4.74 Å². The minimum Gasteiger partial charge on any atom is -0.385 e. The molecule has 1 N–H and O–H groups in total. The second kappa shape index (κ2) is 6.74. The van der Waals surface area contributed by atoms with E-state index < -0.39 is 0 Å². The second-order valence-electron chi connectivity index (χ2n) is 4.56. The maximum atomic E-state index is 5.10. The molecule has 0 radical (unpaired) electrons. The van der Waals surface area contributed by atoms with Crippen LogP contribution in [0.15, 0.2) is 30.3 Å². The van der Waals surface area contributed by atoms with Crippen molar-refractivity contribution in [3.05, 3.63) is 35.9 Å². The van der Waals surface area contributed by atoms with Crippen LogP contribution < -0.4 is 5.32 Å². The molecule has 1 aliphatic heterocycles. The minimum atomic E-state index is 0.479. The fourth-order valence-corrected chi connectivity index (χ4v) is 2.36. The number of hydrogen-bond donors (Lipinski definition) is 1. The maximum Gasteiger partial charge on any atom is 0.0474 e. The summed E-state index contributed by atoms with van der Waals surface area (Å²) in [7, 11) is 1.77. The van der Waals surface area contributed by atoms with Crippen LogP contribution in [-0.2, 0) is 4.74 Å². The zero-order chi connectivity index (χ0) is 11.9. The van der Waals surface area contributed by atoms with Gasteiger partial charge in [-0.3, -0.25) is 0 Å². The van der Waals surface area contributed by atoms with Gasteiger partial charge in [0.25, 0.3) is 0 Å². The first-order valence-corrected chi connectivity index (χ1v) is 6.40. The number of nitrogens with zero attached hydrogens (tertiary/aromatic N) is 1. The molecule has 0 spiro atoms. The number of methoxy groups -OCH3 is 1. The molecular weight excluding hydrogens is 212 g/mol. The van der Waals surface area contributed by atoms with E-state index in [0.29, 0.717) is 6.04 Å². The molecule has 1 unspecified atom stereocenters. The van der Waals surface area contributed by atoms with Gasteiger partial charge in [-0.2, -0.15) is 0 Å². The summed E-state index contributed by atoms with van der Waals surface area (Å²) in [6.07, 6.45) is 1.12. The van der Waals surface area contributed by atoms with Crippen LogP contribution >= 0.6 is 0 Å². The van der Waals surface area contributed by atoms with E-state index in [1.165, 1.54) is 5.56 Å². The molecule has 3 heteroatoms. The van der Waals surface area contributed by atoms with Crippen LogP contribution in [0.3, 0.4) is 0 Å². The van der Waals surface area contributed by atoms with Gasteiger partial charge in [-0.1, -0.05) is 30.3 Å². The Morgan fingerprint density at radius 1 is 1.35 bits per heavy atom. The van der Waals surface area contributed by atoms with Gasteiger partial charge in [-0.05, 0) is 12.0 Å². The molecular formula is C14H22N2O. The Morgan fingerprint density at radius 3 is 2.94 bits per heavy atom. The molecule has 1 fully saturated rings. The maximum absolute atomic E-state index is 5.10. The highest BCUT2D eigenvalue weighted by Gasteiger charge is 2.19. The third-order valence-electron chi connectivity index (χ3n) is 3.28. The van der Waals surface area contributed by atoms with Gasteiger partial charge in [0.15, 0.2) is 0 Å². The summed E-state index contributed by atoms with van der Waals surface area (Å²) in [6.45, 7) is 5.33. The van der Waals surface area contributed by atoms with Crippen LogP contribution in [0, 0.1) is 0 Å². The molecule has 1 heterocycles. The monoisotopic (exact) mass is 234 g/mol. The van der Waals surface area contributed by atoms with Gasteiger partial charge in [-0.15, -0.1) is 0 Å². The van der Waals surface area contributed by atoms with Gasteiger partial charge < -0.3 is 15.0 Å². The quantitative estimate of drug-likeness (QED) is 0.784. The number of hydrogen-bond acceptors (Lipinski definition) is 3. The van der Waals surface area contributed by atoms with Crippen LogP contribution in [0.2, 0.25) is 0 Å². The second-order valence-corrected chi connectivity index (χ2v) is 4.56. The molecule has 1 aliphatic rings. The van der Waals surface area contributed by atoms with Crippen molar-refractivity contribution in [2.75, 3.05) is 39.9 Å². The molecule has 0 aliphatic carbocycles. The van der Waals surface area contributed by atoms with Gasteiger partial charge >= 0.3 is 0 Å². The molecule has 1 aromatic rings. The zero-order valence-electron chi connectivity index (χ0n) is 10.6. The molecule has 3 nitrogen and oxygen atoms in total. The van der Waals surface area contributed by atoms with Gasteiger partial charge in [0.2, 0.25) is 0 Å². The largest absolute Gasteiger partial charge is 0.385 e. The molecule has 0 amide bonds. The predicted molar refractivity (Wildman–Crippen MR) is 70.1 cm³/mol. The van der Waals surface area contributed by atoms with Crippen molar-refractivity contribution >= 4 is 0 Å². The molecule has 2 rings (SSSR count). The first-order chi connectivity index (χ1) is 8.40. The SMILES string of the molecule is COCCCN1CCNC(c2ccccc2)C1. The van der Waals surface area contributed by atoms with Gasteiger partial charge in [0, 0.05) is 45.9 Å². The number of ether oxygens (including phenoxy) is 1. The van der Waals surface area contributed by atoms with E-state index in [1.807, 2.05) is 0 Å². The van der Waals surface area contributed by atoms with Gasteiger partial charge in [0.1, 0.15) is 0 Å². The van der Waals surface area contributed by atoms with Crippen LogP contribution in [0.4, 0.5) is 0 Å². The average Bonchev–Trinajstić information content (AvgIpc) is 2.41. The molecule has 1 saturated heterocycles. The highest BCUT2D eigenvalue weighted by atomic mass is 16.5. The Kier molecular flexibility index (Phi) is 4.98. The third-order valence-corrected chi connectivity index (χ3v) is 3.28. The highest BCUT2D eigenvalue weighted by molar-refractivity contribution is 5.19. The van der Waals surface area contributed by atoms with E-state index >= 15 is 0 Å². The third kappa shape index (κ3) is 3.80. The number of rotatable bonds is 5. The summed E-state index contributed by atoms with van der Waals surface area (Å²) in [6, 6.07) is 11.2. The Morgan fingerprint density at radius 2 is 2.18 bits per heavy atom. The zero-order valence-corrected chi connectivity index (χ0v) is 10.6. The standard InChI is InChI=1S/C14H22N2O/c1-17-11-5-9-16-10-8-15-14(12-16)13-6-3-2-4-7-13/h2-4,6-7,14-15H,5,8-12H2,1H3. The molecule has 0 saturated carbocycles. The first-order valence-electron chi connectivity index (χ1n) is 6.40. The Labute approximate surface area is 104 Å². The van der Waals surface area contributed by atoms with Gasteiger partial charge in [0.05, 0.1) is 0 Å². The van der Waals surface area contributed by atoms with Crippen LogP contribution in [0.5, 0.6) is 0 Å². The van der Waals surface area contributed by atoms with Crippen molar-refractivity contribution in [1.29, 1.82) is 0 Å². The van der Waals surface area contributed by atoms with E-state index in [9.17, 15) is 0 Å². The fraction of sp³-hybridized carbons (Fsp3) is 0.571. The molecule has 94 valence electrons. The van der Waals surface area contributed by atoms with E-state index in [-0.39, 0.29) is 0 Å². The van der Waals surface area contributed by atoms with E-state index in [2.05, 4.69) is 40.5 Å². The summed E-state index contributed by atoms with van der Waals surface area (Å²) in [4.78, 5) is 2.52. The summed E-state index contributed by atoms with van der Waals surface area (Å²) >= 11 is 0. The van der Waals surface area contributed by atoms with Crippen LogP contribution in [0.25, 0.3) is 0 Å². The summed E-state index contributed by atoms with van der Waals surface area (Å²) in [5.74, 6) is 0. The number of benzene rings is 1. The summed E-state index contributed by atoms with van der Waals surface area (Å²) in [5, 5.41) is 3.58. The average molecular weight is 234 g/mol. The van der Waals surface area contributed by atoms with E-state index in [0.717, 1.165) is 39.2 Å². The number of piperazine rings is 1. The van der Waals surface area contributed by atoms with Crippen molar-refractivity contribution in [2.24, 2.45) is 0 Å². The lowest BCUT2D eigenvalue weighted by Crippen LogP contribution is -2.46. The van der Waals surface area contributed by atoms with Crippen LogP contribution in [-0.4, -0.2) is 44.8 Å². The van der Waals surface area contributed by atoms with Crippen molar-refractivity contribution in [3.8, 4) is 0 Å². The Hall–Kier alpha value is -0.900. The molecule has 1 aromatic carbocycles. The predicted octanol–water partition coefficient (Wildman–Crippen LogP) is 1.67. The fourth-order valence-electron chi connectivity index (χ4n) is 2.36. The smallest absolute Gasteiger partial charge is 0.0474 e. The minimum absolute atomic E-state index is 0.479. The lowest BCUT2D eigenvalue weighted by atomic mass is 10.0. The van der Waals surface area contributed by atoms with Crippen molar-refractivity contribution in [2.45, 2.75) is 12.5 Å². The number of nitrogens with one attached hydrogen (secondary N) is 1. The van der Waals surface area contributed by atoms with Crippen molar-refractivity contribution in [1.82, 2.24) is 10.2 Å². The molecule has 1 atom stereocenters. The first kappa shape index (κ1) is 12.6. The lowest BCUT2D eigenvalue weighted by Gasteiger charge is -2.33. The van der Waals surface area contributed by atoms with Crippen LogP contribution in [0.1, 0.15) is 18.0 Å². The normalized spacial score (nSPS) is 21.6. The summed E-state index contributed by atoms with van der Waals surface area (Å²) in [5.41, 5.74) is 1.39.